The molecule has 0 atom stereocenters. The molecule has 3 nitrogen and oxygen atoms in total. The molecule has 0 bridgehead atoms. The largest absolute Gasteiger partial charge is 0.346 e. The summed E-state index contributed by atoms with van der Waals surface area (Å²) in [6, 6.07) is 10.7. The Bertz CT molecular complexity index is 698. The minimum absolute atomic E-state index is 0.613. The summed E-state index contributed by atoms with van der Waals surface area (Å²) in [7, 11) is 0. The number of nitriles is 1. The topological polar surface area (TPSA) is 41.6 Å². The minimum Gasteiger partial charge on any atom is -0.346 e. The fourth-order valence-electron chi connectivity index (χ4n) is 2.68. The first-order valence-electron chi connectivity index (χ1n) is 6.92. The molecule has 2 aromatic rings. The van der Waals surface area contributed by atoms with Crippen LogP contribution >= 0.6 is 0 Å². The molecule has 1 aliphatic carbocycles. The van der Waals surface area contributed by atoms with Gasteiger partial charge >= 0.3 is 0 Å². The molecule has 0 N–H and O–H groups in total. The number of hydrogen-bond donors (Lipinski definition) is 0. The molecule has 20 heavy (non-hydrogen) atoms. The molecule has 0 radical (unpaired) electrons. The molecule has 0 amide bonds. The van der Waals surface area contributed by atoms with Crippen LogP contribution in [-0.2, 0) is 0 Å². The molecular weight excluding hydrogens is 246 g/mol. The molecule has 0 unspecified atom stereocenters. The lowest BCUT2D eigenvalue weighted by Crippen LogP contribution is -1.98. The third kappa shape index (κ3) is 2.25. The van der Waals surface area contributed by atoms with Gasteiger partial charge in [-0.1, -0.05) is 6.07 Å². The molecule has 1 fully saturated rings. The molecule has 2 aromatic heterocycles. The molecule has 0 spiro atoms. The van der Waals surface area contributed by atoms with Crippen LogP contribution in [0.3, 0.4) is 0 Å². The SMILES string of the molecule is Cc1cc(/C=C(/C#N)c2ccccn2)c(C)n1C1CC1. The fourth-order valence-corrected chi connectivity index (χ4v) is 2.68. The molecule has 3 rings (SSSR count). The van der Waals surface area contributed by atoms with Crippen molar-refractivity contribution in [3.63, 3.8) is 0 Å². The zero-order valence-corrected chi connectivity index (χ0v) is 11.8. The quantitative estimate of drug-likeness (QED) is 0.788. The van der Waals surface area contributed by atoms with Gasteiger partial charge in [-0.2, -0.15) is 5.26 Å². The van der Waals surface area contributed by atoms with E-state index in [0.29, 0.717) is 11.6 Å². The van der Waals surface area contributed by atoms with Gasteiger partial charge in [0.25, 0.3) is 0 Å². The number of hydrogen-bond acceptors (Lipinski definition) is 2. The number of pyridine rings is 1. The molecule has 1 saturated carbocycles. The van der Waals surface area contributed by atoms with E-state index in [1.54, 1.807) is 6.20 Å². The Labute approximate surface area is 119 Å². The predicted molar refractivity (Wildman–Crippen MR) is 79.9 cm³/mol. The van der Waals surface area contributed by atoms with Crippen LogP contribution in [0.25, 0.3) is 11.6 Å². The lowest BCUT2D eigenvalue weighted by molar-refractivity contribution is 0.699. The molecule has 0 aromatic carbocycles. The van der Waals surface area contributed by atoms with E-state index in [9.17, 15) is 5.26 Å². The molecule has 1 aliphatic rings. The van der Waals surface area contributed by atoms with E-state index < -0.39 is 0 Å². The Balaban J connectivity index is 2.03. The Morgan fingerprint density at radius 3 is 2.80 bits per heavy atom. The Hall–Kier alpha value is -2.34. The number of nitrogens with zero attached hydrogens (tertiary/aromatic N) is 3. The molecule has 100 valence electrons. The van der Waals surface area contributed by atoms with Crippen LogP contribution in [0.5, 0.6) is 0 Å². The van der Waals surface area contributed by atoms with Gasteiger partial charge in [0.15, 0.2) is 0 Å². The van der Waals surface area contributed by atoms with Gasteiger partial charge in [0, 0.05) is 23.6 Å². The molecule has 2 heterocycles. The summed E-state index contributed by atoms with van der Waals surface area (Å²) >= 11 is 0. The summed E-state index contributed by atoms with van der Waals surface area (Å²) < 4.78 is 2.39. The van der Waals surface area contributed by atoms with Gasteiger partial charge in [-0.05, 0) is 56.5 Å². The Morgan fingerprint density at radius 2 is 2.20 bits per heavy atom. The van der Waals surface area contributed by atoms with Crippen molar-refractivity contribution in [2.24, 2.45) is 0 Å². The van der Waals surface area contributed by atoms with Crippen molar-refractivity contribution in [2.75, 3.05) is 0 Å². The van der Waals surface area contributed by atoms with Crippen molar-refractivity contribution in [3.8, 4) is 6.07 Å². The third-order valence-corrected chi connectivity index (χ3v) is 3.80. The van der Waals surface area contributed by atoms with Crippen LogP contribution < -0.4 is 0 Å². The van der Waals surface area contributed by atoms with E-state index in [0.717, 1.165) is 11.3 Å². The average molecular weight is 263 g/mol. The number of aromatic nitrogens is 2. The van der Waals surface area contributed by atoms with Gasteiger partial charge in [0.2, 0.25) is 0 Å². The zero-order chi connectivity index (χ0) is 14.1. The molecule has 0 aliphatic heterocycles. The fraction of sp³-hybridized carbons (Fsp3) is 0.294. The highest BCUT2D eigenvalue weighted by Crippen LogP contribution is 2.38. The maximum Gasteiger partial charge on any atom is 0.101 e. The zero-order valence-electron chi connectivity index (χ0n) is 11.8. The van der Waals surface area contributed by atoms with Gasteiger partial charge < -0.3 is 4.57 Å². The summed E-state index contributed by atoms with van der Waals surface area (Å²) in [5.41, 5.74) is 4.98. The summed E-state index contributed by atoms with van der Waals surface area (Å²) in [6.07, 6.45) is 6.20. The van der Waals surface area contributed by atoms with Crippen LogP contribution in [-0.4, -0.2) is 9.55 Å². The Kier molecular flexibility index (Phi) is 3.15. The smallest absolute Gasteiger partial charge is 0.101 e. The lowest BCUT2D eigenvalue weighted by atomic mass is 10.1. The van der Waals surface area contributed by atoms with Crippen molar-refractivity contribution < 1.29 is 0 Å². The minimum atomic E-state index is 0.613. The van der Waals surface area contributed by atoms with E-state index in [-0.39, 0.29) is 0 Å². The third-order valence-electron chi connectivity index (χ3n) is 3.80. The highest BCUT2D eigenvalue weighted by atomic mass is 15.1. The number of aryl methyl sites for hydroxylation is 1. The van der Waals surface area contributed by atoms with Gasteiger partial charge in [0.05, 0.1) is 11.3 Å². The van der Waals surface area contributed by atoms with E-state index in [1.165, 1.54) is 24.2 Å². The monoisotopic (exact) mass is 263 g/mol. The molecule has 0 saturated heterocycles. The Morgan fingerprint density at radius 1 is 1.40 bits per heavy atom. The van der Waals surface area contributed by atoms with Crippen molar-refractivity contribution in [3.05, 3.63) is 53.1 Å². The number of rotatable bonds is 3. The summed E-state index contributed by atoms with van der Waals surface area (Å²) in [4.78, 5) is 4.25. The van der Waals surface area contributed by atoms with Crippen LogP contribution in [0.4, 0.5) is 0 Å². The van der Waals surface area contributed by atoms with Gasteiger partial charge in [-0.15, -0.1) is 0 Å². The van der Waals surface area contributed by atoms with E-state index >= 15 is 0 Å². The van der Waals surface area contributed by atoms with Gasteiger partial charge in [0.1, 0.15) is 6.07 Å². The predicted octanol–water partition coefficient (Wildman–Crippen LogP) is 3.90. The van der Waals surface area contributed by atoms with Crippen molar-refractivity contribution in [1.29, 1.82) is 5.26 Å². The average Bonchev–Trinajstić information content (AvgIpc) is 3.25. The van der Waals surface area contributed by atoms with E-state index in [1.807, 2.05) is 24.3 Å². The van der Waals surface area contributed by atoms with E-state index in [2.05, 4.69) is 35.5 Å². The first-order valence-corrected chi connectivity index (χ1v) is 6.92. The number of allylic oxidation sites excluding steroid dienone is 1. The maximum absolute atomic E-state index is 9.36. The van der Waals surface area contributed by atoms with Crippen LogP contribution in [0.2, 0.25) is 0 Å². The van der Waals surface area contributed by atoms with Crippen molar-refractivity contribution in [1.82, 2.24) is 9.55 Å². The maximum atomic E-state index is 9.36. The highest BCUT2D eigenvalue weighted by molar-refractivity contribution is 5.88. The van der Waals surface area contributed by atoms with Gasteiger partial charge in [-0.25, -0.2) is 0 Å². The van der Waals surface area contributed by atoms with E-state index in [4.69, 9.17) is 0 Å². The lowest BCUT2D eigenvalue weighted by Gasteiger charge is -2.06. The van der Waals surface area contributed by atoms with Crippen LogP contribution in [0.15, 0.2) is 30.5 Å². The van der Waals surface area contributed by atoms with Gasteiger partial charge in [-0.3, -0.25) is 4.98 Å². The first-order chi connectivity index (χ1) is 9.70. The summed E-state index contributed by atoms with van der Waals surface area (Å²) in [5.74, 6) is 0. The second-order valence-corrected chi connectivity index (χ2v) is 5.31. The van der Waals surface area contributed by atoms with Crippen LogP contribution in [0, 0.1) is 25.2 Å². The highest BCUT2D eigenvalue weighted by Gasteiger charge is 2.26. The van der Waals surface area contributed by atoms with Crippen molar-refractivity contribution >= 4 is 11.6 Å². The molecule has 3 heteroatoms. The normalized spacial score (nSPS) is 15.2. The van der Waals surface area contributed by atoms with Crippen LogP contribution in [0.1, 0.15) is 41.5 Å². The summed E-state index contributed by atoms with van der Waals surface area (Å²) in [6.45, 7) is 4.26. The second kappa shape index (κ2) is 4.97. The molecular formula is C17H17N3. The standard InChI is InChI=1S/C17H17N3/c1-12-9-14(13(2)20(12)16-6-7-16)10-15(11-18)17-5-3-4-8-19-17/h3-5,8-10,16H,6-7H2,1-2H3/b15-10-. The second-order valence-electron chi connectivity index (χ2n) is 5.31. The first kappa shape index (κ1) is 12.7. The van der Waals surface area contributed by atoms with Crippen molar-refractivity contribution in [2.45, 2.75) is 32.7 Å². The summed E-state index contributed by atoms with van der Waals surface area (Å²) in [5, 5.41) is 9.36.